The molecule has 0 spiro atoms. The fraction of sp³-hybridized carbons (Fsp3) is 0.0909. The maximum absolute atomic E-state index is 11.7. The highest BCUT2D eigenvalue weighted by Crippen LogP contribution is 2.09. The summed E-state index contributed by atoms with van der Waals surface area (Å²) in [6.45, 7) is 4.01. The lowest BCUT2D eigenvalue weighted by Crippen LogP contribution is -2.23. The first-order valence-electron chi connectivity index (χ1n) is 4.62. The largest absolute Gasteiger partial charge is 0.349 e. The van der Waals surface area contributed by atoms with E-state index < -0.39 is 0 Å². The van der Waals surface area contributed by atoms with Gasteiger partial charge in [0.15, 0.2) is 0 Å². The highest BCUT2D eigenvalue weighted by molar-refractivity contribution is 6.00. The highest BCUT2D eigenvalue weighted by atomic mass is 16.1. The second kappa shape index (κ2) is 3.96. The molecule has 2 rings (SSSR count). The minimum atomic E-state index is -0.110. The van der Waals surface area contributed by atoms with Crippen LogP contribution >= 0.6 is 0 Å². The standard InChI is InChI=1S/C11H11N3O/c1-2-5-13-11(15)9-4-3-6-14-8-12-7-10(9)14/h2-4,6-8H,1,5H2,(H,13,15). The quantitative estimate of drug-likeness (QED) is 0.760. The minimum absolute atomic E-state index is 0.110. The van der Waals surface area contributed by atoms with E-state index in [-0.39, 0.29) is 5.91 Å². The number of imidazole rings is 1. The van der Waals surface area contributed by atoms with E-state index in [1.54, 1.807) is 24.7 Å². The lowest BCUT2D eigenvalue weighted by Gasteiger charge is -2.03. The Hall–Kier alpha value is -2.10. The van der Waals surface area contributed by atoms with E-state index in [2.05, 4.69) is 16.9 Å². The van der Waals surface area contributed by atoms with Gasteiger partial charge in [-0.2, -0.15) is 0 Å². The van der Waals surface area contributed by atoms with E-state index in [1.165, 1.54) is 0 Å². The van der Waals surface area contributed by atoms with E-state index in [1.807, 2.05) is 16.7 Å². The number of fused-ring (bicyclic) bond motifs is 1. The molecule has 0 saturated carbocycles. The first-order valence-corrected chi connectivity index (χ1v) is 4.62. The fourth-order valence-electron chi connectivity index (χ4n) is 1.40. The summed E-state index contributed by atoms with van der Waals surface area (Å²) >= 11 is 0. The Morgan fingerprint density at radius 3 is 3.33 bits per heavy atom. The van der Waals surface area contributed by atoms with Crippen LogP contribution in [-0.2, 0) is 0 Å². The first-order chi connectivity index (χ1) is 7.33. The number of carbonyl (C=O) groups excluding carboxylic acids is 1. The van der Waals surface area contributed by atoms with Gasteiger partial charge in [-0.3, -0.25) is 4.79 Å². The van der Waals surface area contributed by atoms with E-state index >= 15 is 0 Å². The number of nitrogens with zero attached hydrogens (tertiary/aromatic N) is 2. The molecule has 2 aromatic heterocycles. The van der Waals surface area contributed by atoms with Crippen LogP contribution in [0.5, 0.6) is 0 Å². The third kappa shape index (κ3) is 1.74. The number of carbonyl (C=O) groups is 1. The molecule has 0 atom stereocenters. The molecule has 0 aliphatic heterocycles. The molecule has 1 N–H and O–H groups in total. The van der Waals surface area contributed by atoms with E-state index in [0.717, 1.165) is 5.52 Å². The zero-order valence-corrected chi connectivity index (χ0v) is 8.18. The minimum Gasteiger partial charge on any atom is -0.349 e. The van der Waals surface area contributed by atoms with Gasteiger partial charge in [0.1, 0.15) is 0 Å². The number of aromatic nitrogens is 2. The van der Waals surface area contributed by atoms with Crippen molar-refractivity contribution in [2.24, 2.45) is 0 Å². The molecule has 0 radical (unpaired) electrons. The van der Waals surface area contributed by atoms with Crippen LogP contribution in [0.4, 0.5) is 0 Å². The third-order valence-corrected chi connectivity index (χ3v) is 2.10. The summed E-state index contributed by atoms with van der Waals surface area (Å²) in [5.41, 5.74) is 1.43. The van der Waals surface area contributed by atoms with Crippen LogP contribution in [0.25, 0.3) is 5.52 Å². The molecule has 0 unspecified atom stereocenters. The van der Waals surface area contributed by atoms with Gasteiger partial charge < -0.3 is 9.72 Å². The SMILES string of the molecule is C=CCNC(=O)c1cccn2cncc12. The van der Waals surface area contributed by atoms with Crippen LogP contribution in [0.1, 0.15) is 10.4 Å². The van der Waals surface area contributed by atoms with Gasteiger partial charge in [-0.1, -0.05) is 6.08 Å². The average molecular weight is 201 g/mol. The van der Waals surface area contributed by atoms with Gasteiger partial charge in [-0.25, -0.2) is 4.98 Å². The molecule has 4 heteroatoms. The molecular formula is C11H11N3O. The molecule has 2 aromatic rings. The summed E-state index contributed by atoms with van der Waals surface area (Å²) in [4.78, 5) is 15.7. The van der Waals surface area contributed by atoms with Crippen molar-refractivity contribution in [1.82, 2.24) is 14.7 Å². The Bertz CT molecular complexity index is 501. The van der Waals surface area contributed by atoms with Crippen LogP contribution < -0.4 is 5.32 Å². The third-order valence-electron chi connectivity index (χ3n) is 2.10. The van der Waals surface area contributed by atoms with Crippen molar-refractivity contribution in [2.45, 2.75) is 0 Å². The number of amides is 1. The molecule has 0 aromatic carbocycles. The Kier molecular flexibility index (Phi) is 2.49. The topological polar surface area (TPSA) is 46.4 Å². The Morgan fingerprint density at radius 1 is 1.67 bits per heavy atom. The van der Waals surface area contributed by atoms with Crippen LogP contribution in [0, 0.1) is 0 Å². The number of hydrogen-bond donors (Lipinski definition) is 1. The summed E-state index contributed by atoms with van der Waals surface area (Å²) < 4.78 is 1.81. The van der Waals surface area contributed by atoms with E-state index in [0.29, 0.717) is 12.1 Å². The fourth-order valence-corrected chi connectivity index (χ4v) is 1.40. The van der Waals surface area contributed by atoms with Gasteiger partial charge in [-0.05, 0) is 12.1 Å². The number of hydrogen-bond acceptors (Lipinski definition) is 2. The number of nitrogens with one attached hydrogen (secondary N) is 1. The Balaban J connectivity index is 2.38. The van der Waals surface area contributed by atoms with Crippen molar-refractivity contribution < 1.29 is 4.79 Å². The lowest BCUT2D eigenvalue weighted by molar-refractivity contribution is 0.0959. The van der Waals surface area contributed by atoms with Crippen molar-refractivity contribution in [3.8, 4) is 0 Å². The molecule has 4 nitrogen and oxygen atoms in total. The molecule has 15 heavy (non-hydrogen) atoms. The molecule has 0 aliphatic rings. The van der Waals surface area contributed by atoms with Gasteiger partial charge in [0, 0.05) is 12.7 Å². The molecule has 0 aliphatic carbocycles. The average Bonchev–Trinajstić information content (AvgIpc) is 2.73. The molecule has 0 bridgehead atoms. The second-order valence-electron chi connectivity index (χ2n) is 3.11. The highest BCUT2D eigenvalue weighted by Gasteiger charge is 2.08. The Morgan fingerprint density at radius 2 is 2.53 bits per heavy atom. The van der Waals surface area contributed by atoms with E-state index in [9.17, 15) is 4.79 Å². The molecule has 2 heterocycles. The Labute approximate surface area is 87.3 Å². The molecular weight excluding hydrogens is 190 g/mol. The second-order valence-corrected chi connectivity index (χ2v) is 3.11. The van der Waals surface area contributed by atoms with Gasteiger partial charge >= 0.3 is 0 Å². The summed E-state index contributed by atoms with van der Waals surface area (Å²) in [5, 5.41) is 2.73. The van der Waals surface area contributed by atoms with Crippen molar-refractivity contribution in [2.75, 3.05) is 6.54 Å². The van der Waals surface area contributed by atoms with Gasteiger partial charge in [-0.15, -0.1) is 6.58 Å². The predicted octanol–water partition coefficient (Wildman–Crippen LogP) is 1.25. The van der Waals surface area contributed by atoms with E-state index in [4.69, 9.17) is 0 Å². The molecule has 0 fully saturated rings. The number of pyridine rings is 1. The maximum atomic E-state index is 11.7. The monoisotopic (exact) mass is 201 g/mol. The molecule has 76 valence electrons. The van der Waals surface area contributed by atoms with Crippen molar-refractivity contribution >= 4 is 11.4 Å². The zero-order valence-electron chi connectivity index (χ0n) is 8.18. The van der Waals surface area contributed by atoms with Gasteiger partial charge in [0.05, 0.1) is 23.6 Å². The molecule has 0 saturated heterocycles. The molecule has 1 amide bonds. The maximum Gasteiger partial charge on any atom is 0.253 e. The van der Waals surface area contributed by atoms with Crippen LogP contribution in [-0.4, -0.2) is 21.8 Å². The summed E-state index contributed by atoms with van der Waals surface area (Å²) in [5.74, 6) is -0.110. The summed E-state index contributed by atoms with van der Waals surface area (Å²) in [7, 11) is 0. The van der Waals surface area contributed by atoms with Crippen LogP contribution in [0.2, 0.25) is 0 Å². The van der Waals surface area contributed by atoms with Crippen molar-refractivity contribution in [1.29, 1.82) is 0 Å². The number of rotatable bonds is 3. The van der Waals surface area contributed by atoms with Crippen molar-refractivity contribution in [3.05, 3.63) is 49.1 Å². The normalized spacial score (nSPS) is 10.1. The summed E-state index contributed by atoms with van der Waals surface area (Å²) in [6.07, 6.45) is 6.84. The predicted molar refractivity (Wildman–Crippen MR) is 57.7 cm³/mol. The lowest BCUT2D eigenvalue weighted by atomic mass is 10.2. The first kappa shape index (κ1) is 9.45. The zero-order chi connectivity index (χ0) is 10.7. The van der Waals surface area contributed by atoms with Gasteiger partial charge in [0.25, 0.3) is 5.91 Å². The van der Waals surface area contributed by atoms with Crippen LogP contribution in [0.15, 0.2) is 43.5 Å². The van der Waals surface area contributed by atoms with Crippen molar-refractivity contribution in [3.63, 3.8) is 0 Å². The van der Waals surface area contributed by atoms with Gasteiger partial charge in [0.2, 0.25) is 0 Å². The van der Waals surface area contributed by atoms with Crippen LogP contribution in [0.3, 0.4) is 0 Å². The smallest absolute Gasteiger partial charge is 0.253 e. The summed E-state index contributed by atoms with van der Waals surface area (Å²) in [6, 6.07) is 3.59.